The van der Waals surface area contributed by atoms with Gasteiger partial charge in [0.2, 0.25) is 5.91 Å². The Bertz CT molecular complexity index is 686. The standard InChI is InChI=1S/C20H30N2O6/c1-20(2,3)28-19(25)22(9-10-26-4)12-15(23)13-27-16-6-7-17-14(11-16)5-8-18(24)21-17/h6-7,11,15,23H,5,8-10,12-13H2,1-4H3,(H,21,24). The number of aliphatic hydroxyl groups is 1. The molecule has 0 bridgehead atoms. The highest BCUT2D eigenvalue weighted by Gasteiger charge is 2.24. The largest absolute Gasteiger partial charge is 0.491 e. The third-order valence-corrected chi connectivity index (χ3v) is 4.06. The minimum absolute atomic E-state index is 0.00915. The fourth-order valence-electron chi connectivity index (χ4n) is 2.73. The second-order valence-corrected chi connectivity index (χ2v) is 7.75. The van der Waals surface area contributed by atoms with Crippen LogP contribution < -0.4 is 10.1 Å². The summed E-state index contributed by atoms with van der Waals surface area (Å²) in [5.41, 5.74) is 1.17. The van der Waals surface area contributed by atoms with Gasteiger partial charge in [0.1, 0.15) is 24.1 Å². The second kappa shape index (κ2) is 9.75. The minimum Gasteiger partial charge on any atom is -0.491 e. The summed E-state index contributed by atoms with van der Waals surface area (Å²) in [6.07, 6.45) is -0.290. The van der Waals surface area contributed by atoms with Crippen LogP contribution in [0.2, 0.25) is 0 Å². The van der Waals surface area contributed by atoms with Crippen LogP contribution in [0.4, 0.5) is 10.5 Å². The Labute approximate surface area is 165 Å². The number of aliphatic hydroxyl groups excluding tert-OH is 1. The van der Waals surface area contributed by atoms with Crippen molar-refractivity contribution in [1.82, 2.24) is 4.90 Å². The van der Waals surface area contributed by atoms with E-state index in [1.165, 1.54) is 4.90 Å². The number of aryl methyl sites for hydroxylation is 1. The molecule has 1 heterocycles. The summed E-state index contributed by atoms with van der Waals surface area (Å²) in [4.78, 5) is 25.1. The summed E-state index contributed by atoms with van der Waals surface area (Å²) in [6.45, 7) is 6.10. The van der Waals surface area contributed by atoms with Gasteiger partial charge in [0.05, 0.1) is 13.2 Å². The highest BCUT2D eigenvalue weighted by molar-refractivity contribution is 5.93. The Kier molecular flexibility index (Phi) is 7.65. The molecule has 8 heteroatoms. The van der Waals surface area contributed by atoms with E-state index in [9.17, 15) is 14.7 Å². The van der Waals surface area contributed by atoms with Gasteiger partial charge in [-0.15, -0.1) is 0 Å². The van der Waals surface area contributed by atoms with Crippen molar-refractivity contribution >= 4 is 17.7 Å². The van der Waals surface area contributed by atoms with E-state index in [-0.39, 0.29) is 19.1 Å². The summed E-state index contributed by atoms with van der Waals surface area (Å²) >= 11 is 0. The molecule has 0 radical (unpaired) electrons. The zero-order valence-corrected chi connectivity index (χ0v) is 17.0. The molecular weight excluding hydrogens is 364 g/mol. The van der Waals surface area contributed by atoms with Gasteiger partial charge in [-0.1, -0.05) is 0 Å². The highest BCUT2D eigenvalue weighted by atomic mass is 16.6. The molecule has 0 aliphatic carbocycles. The summed E-state index contributed by atoms with van der Waals surface area (Å²) < 4.78 is 16.1. The predicted molar refractivity (Wildman–Crippen MR) is 105 cm³/mol. The lowest BCUT2D eigenvalue weighted by atomic mass is 10.0. The number of hydrogen-bond acceptors (Lipinski definition) is 6. The first-order valence-corrected chi connectivity index (χ1v) is 9.38. The van der Waals surface area contributed by atoms with E-state index < -0.39 is 17.8 Å². The van der Waals surface area contributed by atoms with Crippen LogP contribution >= 0.6 is 0 Å². The lowest BCUT2D eigenvalue weighted by Gasteiger charge is -2.28. The molecule has 0 saturated heterocycles. The number of anilines is 1. The first-order valence-electron chi connectivity index (χ1n) is 9.38. The van der Waals surface area contributed by atoms with Crippen molar-refractivity contribution in [3.05, 3.63) is 23.8 Å². The maximum atomic E-state index is 12.3. The van der Waals surface area contributed by atoms with Crippen LogP contribution in [0.3, 0.4) is 0 Å². The maximum Gasteiger partial charge on any atom is 0.410 e. The fraction of sp³-hybridized carbons (Fsp3) is 0.600. The third kappa shape index (κ3) is 7.01. The Morgan fingerprint density at radius 1 is 1.32 bits per heavy atom. The predicted octanol–water partition coefficient (Wildman–Crippen LogP) is 2.19. The molecule has 1 atom stereocenters. The molecule has 2 N–H and O–H groups in total. The Hall–Kier alpha value is -2.32. The second-order valence-electron chi connectivity index (χ2n) is 7.75. The van der Waals surface area contributed by atoms with Crippen molar-refractivity contribution < 1.29 is 28.9 Å². The van der Waals surface area contributed by atoms with Gasteiger partial charge in [-0.25, -0.2) is 4.79 Å². The van der Waals surface area contributed by atoms with E-state index in [2.05, 4.69) is 5.32 Å². The minimum atomic E-state index is -0.889. The first kappa shape index (κ1) is 22.0. The SMILES string of the molecule is COCCN(CC(O)COc1ccc2c(c1)CCC(=O)N2)C(=O)OC(C)(C)C. The van der Waals surface area contributed by atoms with Crippen LogP contribution in [-0.4, -0.2) is 67.1 Å². The zero-order valence-electron chi connectivity index (χ0n) is 17.0. The number of benzene rings is 1. The average Bonchev–Trinajstić information content (AvgIpc) is 2.61. The van der Waals surface area contributed by atoms with Crippen LogP contribution in [0.15, 0.2) is 18.2 Å². The van der Waals surface area contributed by atoms with Crippen molar-refractivity contribution in [3.63, 3.8) is 0 Å². The molecule has 0 spiro atoms. The molecule has 1 unspecified atom stereocenters. The molecule has 2 amide bonds. The highest BCUT2D eigenvalue weighted by Crippen LogP contribution is 2.26. The van der Waals surface area contributed by atoms with E-state index in [0.29, 0.717) is 31.7 Å². The van der Waals surface area contributed by atoms with Crippen molar-refractivity contribution in [2.45, 2.75) is 45.3 Å². The summed E-state index contributed by atoms with van der Waals surface area (Å²) in [7, 11) is 1.55. The molecule has 1 aliphatic heterocycles. The third-order valence-electron chi connectivity index (χ3n) is 4.06. The first-order chi connectivity index (χ1) is 13.2. The van der Waals surface area contributed by atoms with Gasteiger partial charge < -0.3 is 29.5 Å². The van der Waals surface area contributed by atoms with Crippen LogP contribution in [0.5, 0.6) is 5.75 Å². The molecule has 0 aromatic heterocycles. The Morgan fingerprint density at radius 3 is 2.75 bits per heavy atom. The van der Waals surface area contributed by atoms with Gasteiger partial charge in [-0.3, -0.25) is 4.79 Å². The van der Waals surface area contributed by atoms with E-state index in [1.54, 1.807) is 40.0 Å². The lowest BCUT2D eigenvalue weighted by molar-refractivity contribution is -0.116. The van der Waals surface area contributed by atoms with Crippen molar-refractivity contribution in [1.29, 1.82) is 0 Å². The molecule has 1 aliphatic rings. The number of carbonyl (C=O) groups is 2. The number of methoxy groups -OCH3 is 1. The van der Waals surface area contributed by atoms with Gasteiger partial charge in [0, 0.05) is 25.8 Å². The Morgan fingerprint density at radius 2 is 2.07 bits per heavy atom. The van der Waals surface area contributed by atoms with Gasteiger partial charge in [-0.05, 0) is 51.0 Å². The number of carbonyl (C=O) groups excluding carboxylic acids is 2. The fourth-order valence-corrected chi connectivity index (χ4v) is 2.73. The number of nitrogens with zero attached hydrogens (tertiary/aromatic N) is 1. The van der Waals surface area contributed by atoms with Crippen LogP contribution in [0.25, 0.3) is 0 Å². The van der Waals surface area contributed by atoms with Crippen molar-refractivity contribution in [2.24, 2.45) is 0 Å². The molecule has 156 valence electrons. The topological polar surface area (TPSA) is 97.3 Å². The van der Waals surface area contributed by atoms with Gasteiger partial charge >= 0.3 is 6.09 Å². The molecular formula is C20H30N2O6. The lowest BCUT2D eigenvalue weighted by Crippen LogP contribution is -2.44. The smallest absolute Gasteiger partial charge is 0.410 e. The summed E-state index contributed by atoms with van der Waals surface area (Å²) in [5, 5.41) is 13.1. The summed E-state index contributed by atoms with van der Waals surface area (Å²) in [6, 6.07) is 5.39. The maximum absolute atomic E-state index is 12.3. The number of ether oxygens (including phenoxy) is 3. The molecule has 8 nitrogen and oxygen atoms in total. The van der Waals surface area contributed by atoms with Gasteiger partial charge in [0.25, 0.3) is 0 Å². The number of nitrogens with one attached hydrogen (secondary N) is 1. The number of amides is 2. The van der Waals surface area contributed by atoms with Gasteiger partial charge in [0.15, 0.2) is 0 Å². The number of rotatable bonds is 8. The molecule has 1 aromatic rings. The molecule has 0 fully saturated rings. The quantitative estimate of drug-likeness (QED) is 0.702. The van der Waals surface area contributed by atoms with E-state index in [4.69, 9.17) is 14.2 Å². The van der Waals surface area contributed by atoms with Crippen molar-refractivity contribution in [3.8, 4) is 5.75 Å². The number of hydrogen-bond donors (Lipinski definition) is 2. The molecule has 28 heavy (non-hydrogen) atoms. The van der Waals surface area contributed by atoms with E-state index >= 15 is 0 Å². The normalized spacial score (nSPS) is 14.7. The van der Waals surface area contributed by atoms with Crippen LogP contribution in [-0.2, 0) is 20.7 Å². The van der Waals surface area contributed by atoms with E-state index in [1.807, 2.05) is 6.07 Å². The Balaban J connectivity index is 1.90. The average molecular weight is 394 g/mol. The monoisotopic (exact) mass is 394 g/mol. The van der Waals surface area contributed by atoms with Crippen molar-refractivity contribution in [2.75, 3.05) is 38.7 Å². The van der Waals surface area contributed by atoms with Crippen LogP contribution in [0, 0.1) is 0 Å². The molecule has 0 saturated carbocycles. The van der Waals surface area contributed by atoms with E-state index in [0.717, 1.165) is 11.3 Å². The molecule has 1 aromatic carbocycles. The zero-order chi connectivity index (χ0) is 20.7. The summed E-state index contributed by atoms with van der Waals surface area (Å²) in [5.74, 6) is 0.615. The number of fused-ring (bicyclic) bond motifs is 1. The van der Waals surface area contributed by atoms with Crippen LogP contribution in [0.1, 0.15) is 32.8 Å². The molecule has 2 rings (SSSR count). The van der Waals surface area contributed by atoms with Gasteiger partial charge in [-0.2, -0.15) is 0 Å².